The van der Waals surface area contributed by atoms with Gasteiger partial charge in [-0.3, -0.25) is 9.59 Å². The Kier molecular flexibility index (Phi) is 8.66. The minimum Gasteiger partial charge on any atom is -0.352 e. The molecule has 1 aromatic rings. The second-order valence-corrected chi connectivity index (χ2v) is 5.22. The van der Waals surface area contributed by atoms with Gasteiger partial charge < -0.3 is 16.4 Å². The SMILES string of the molecule is Cc1cc(C(=O)NCC(C)C)ccc1NC(=O)CCN.Cl. The second-order valence-electron chi connectivity index (χ2n) is 5.22. The fourth-order valence-corrected chi connectivity index (χ4v) is 1.69. The second kappa shape index (κ2) is 9.37. The third-order valence-corrected chi connectivity index (χ3v) is 2.80. The van der Waals surface area contributed by atoms with Crippen LogP contribution in [0.15, 0.2) is 18.2 Å². The lowest BCUT2D eigenvalue weighted by molar-refractivity contribution is -0.116. The highest BCUT2D eigenvalue weighted by Gasteiger charge is 2.09. The monoisotopic (exact) mass is 313 g/mol. The Balaban J connectivity index is 0.00000400. The molecule has 0 spiro atoms. The van der Waals surface area contributed by atoms with Crippen LogP contribution >= 0.6 is 12.4 Å². The molecule has 0 unspecified atom stereocenters. The average Bonchev–Trinajstić information content (AvgIpc) is 2.38. The van der Waals surface area contributed by atoms with Gasteiger partial charge in [0.05, 0.1) is 0 Å². The van der Waals surface area contributed by atoms with Crippen LogP contribution in [0, 0.1) is 12.8 Å². The van der Waals surface area contributed by atoms with Crippen LogP contribution in [0.25, 0.3) is 0 Å². The van der Waals surface area contributed by atoms with Gasteiger partial charge >= 0.3 is 0 Å². The Labute approximate surface area is 132 Å². The van der Waals surface area contributed by atoms with Gasteiger partial charge in [0.25, 0.3) is 5.91 Å². The van der Waals surface area contributed by atoms with E-state index in [4.69, 9.17) is 5.73 Å². The van der Waals surface area contributed by atoms with Crippen LogP contribution in [-0.2, 0) is 4.79 Å². The summed E-state index contributed by atoms with van der Waals surface area (Å²) < 4.78 is 0. The van der Waals surface area contributed by atoms with E-state index in [1.54, 1.807) is 18.2 Å². The third kappa shape index (κ3) is 6.60. The molecule has 0 saturated carbocycles. The van der Waals surface area contributed by atoms with Crippen molar-refractivity contribution < 1.29 is 9.59 Å². The first-order valence-corrected chi connectivity index (χ1v) is 6.82. The van der Waals surface area contributed by atoms with Crippen molar-refractivity contribution in [3.05, 3.63) is 29.3 Å². The molecular weight excluding hydrogens is 290 g/mol. The highest BCUT2D eigenvalue weighted by molar-refractivity contribution is 5.96. The van der Waals surface area contributed by atoms with Crippen molar-refractivity contribution in [2.75, 3.05) is 18.4 Å². The first kappa shape index (κ1) is 19.4. The van der Waals surface area contributed by atoms with E-state index in [-0.39, 0.29) is 30.6 Å². The predicted molar refractivity (Wildman–Crippen MR) is 87.9 cm³/mol. The van der Waals surface area contributed by atoms with E-state index in [1.807, 2.05) is 20.8 Å². The fraction of sp³-hybridized carbons (Fsp3) is 0.467. The Morgan fingerprint density at radius 2 is 1.95 bits per heavy atom. The quantitative estimate of drug-likeness (QED) is 0.752. The smallest absolute Gasteiger partial charge is 0.251 e. The molecule has 4 N–H and O–H groups in total. The highest BCUT2D eigenvalue weighted by Crippen LogP contribution is 2.16. The number of benzene rings is 1. The van der Waals surface area contributed by atoms with Crippen LogP contribution in [0.5, 0.6) is 0 Å². The number of anilines is 1. The van der Waals surface area contributed by atoms with E-state index in [9.17, 15) is 9.59 Å². The van der Waals surface area contributed by atoms with Gasteiger partial charge in [0, 0.05) is 30.8 Å². The topological polar surface area (TPSA) is 84.2 Å². The van der Waals surface area contributed by atoms with Crippen molar-refractivity contribution in [1.29, 1.82) is 0 Å². The van der Waals surface area contributed by atoms with Crippen molar-refractivity contribution in [3.63, 3.8) is 0 Å². The largest absolute Gasteiger partial charge is 0.352 e. The molecule has 0 fully saturated rings. The van der Waals surface area contributed by atoms with Gasteiger partial charge in [-0.2, -0.15) is 0 Å². The minimum atomic E-state index is -0.118. The number of amides is 2. The molecule has 0 radical (unpaired) electrons. The number of nitrogens with one attached hydrogen (secondary N) is 2. The lowest BCUT2D eigenvalue weighted by Gasteiger charge is -2.11. The lowest BCUT2D eigenvalue weighted by Crippen LogP contribution is -2.27. The number of hydrogen-bond acceptors (Lipinski definition) is 3. The first-order valence-electron chi connectivity index (χ1n) is 6.82. The molecule has 0 atom stereocenters. The number of carbonyl (C=O) groups excluding carboxylic acids is 2. The molecule has 1 aromatic carbocycles. The van der Waals surface area contributed by atoms with Crippen molar-refractivity contribution >= 4 is 29.9 Å². The highest BCUT2D eigenvalue weighted by atomic mass is 35.5. The molecule has 0 aliphatic carbocycles. The summed E-state index contributed by atoms with van der Waals surface area (Å²) in [5.41, 5.74) is 7.49. The Bertz CT molecular complexity index is 490. The number of aryl methyl sites for hydroxylation is 1. The van der Waals surface area contributed by atoms with E-state index in [0.29, 0.717) is 30.3 Å². The van der Waals surface area contributed by atoms with Gasteiger partial charge in [0.1, 0.15) is 0 Å². The fourth-order valence-electron chi connectivity index (χ4n) is 1.69. The summed E-state index contributed by atoms with van der Waals surface area (Å²) in [5.74, 6) is 0.198. The molecular formula is C15H24ClN3O2. The lowest BCUT2D eigenvalue weighted by atomic mass is 10.1. The number of rotatable bonds is 6. The zero-order valence-corrected chi connectivity index (χ0v) is 13.5. The zero-order chi connectivity index (χ0) is 15.1. The molecule has 0 aliphatic rings. The Morgan fingerprint density at radius 1 is 1.29 bits per heavy atom. The Morgan fingerprint density at radius 3 is 2.48 bits per heavy atom. The third-order valence-electron chi connectivity index (χ3n) is 2.80. The molecule has 118 valence electrons. The van der Waals surface area contributed by atoms with Crippen molar-refractivity contribution in [2.24, 2.45) is 11.7 Å². The maximum absolute atomic E-state index is 11.9. The molecule has 0 aromatic heterocycles. The number of nitrogens with two attached hydrogens (primary N) is 1. The van der Waals surface area contributed by atoms with Gasteiger partial charge in [-0.15, -0.1) is 12.4 Å². The molecule has 0 bridgehead atoms. The molecule has 1 rings (SSSR count). The molecule has 21 heavy (non-hydrogen) atoms. The van der Waals surface area contributed by atoms with Gasteiger partial charge in [-0.05, 0) is 36.6 Å². The van der Waals surface area contributed by atoms with Crippen LogP contribution in [0.3, 0.4) is 0 Å². The standard InChI is InChI=1S/C15H23N3O2.ClH/c1-10(2)9-17-15(20)12-4-5-13(11(3)8-12)18-14(19)6-7-16;/h4-5,8,10H,6-7,9,16H2,1-3H3,(H,17,20)(H,18,19);1H. The maximum atomic E-state index is 11.9. The van der Waals surface area contributed by atoms with E-state index in [2.05, 4.69) is 10.6 Å². The van der Waals surface area contributed by atoms with Crippen LogP contribution in [-0.4, -0.2) is 24.9 Å². The van der Waals surface area contributed by atoms with E-state index in [0.717, 1.165) is 5.56 Å². The molecule has 0 heterocycles. The molecule has 0 aliphatic heterocycles. The number of carbonyl (C=O) groups is 2. The van der Waals surface area contributed by atoms with Crippen LogP contribution in [0.2, 0.25) is 0 Å². The summed E-state index contributed by atoms with van der Waals surface area (Å²) >= 11 is 0. The summed E-state index contributed by atoms with van der Waals surface area (Å²) in [5, 5.41) is 5.64. The first-order chi connectivity index (χ1) is 9.43. The molecule has 5 nitrogen and oxygen atoms in total. The van der Waals surface area contributed by atoms with Gasteiger partial charge in [0.15, 0.2) is 0 Å². The average molecular weight is 314 g/mol. The van der Waals surface area contributed by atoms with Crippen LogP contribution in [0.4, 0.5) is 5.69 Å². The molecule has 2 amide bonds. The summed E-state index contributed by atoms with van der Waals surface area (Å²) in [4.78, 5) is 23.4. The summed E-state index contributed by atoms with van der Waals surface area (Å²) in [6.07, 6.45) is 0.288. The van der Waals surface area contributed by atoms with Crippen molar-refractivity contribution in [2.45, 2.75) is 27.2 Å². The van der Waals surface area contributed by atoms with Gasteiger partial charge in [-0.1, -0.05) is 13.8 Å². The van der Waals surface area contributed by atoms with Crippen molar-refractivity contribution in [3.8, 4) is 0 Å². The van der Waals surface area contributed by atoms with E-state index in [1.165, 1.54) is 0 Å². The minimum absolute atomic E-state index is 0. The molecule has 6 heteroatoms. The summed E-state index contributed by atoms with van der Waals surface area (Å²) in [6.45, 7) is 6.91. The number of hydrogen-bond donors (Lipinski definition) is 3. The van der Waals surface area contributed by atoms with Gasteiger partial charge in [0.2, 0.25) is 5.91 Å². The Hall–Kier alpha value is -1.59. The van der Waals surface area contributed by atoms with Crippen LogP contribution < -0.4 is 16.4 Å². The maximum Gasteiger partial charge on any atom is 0.251 e. The molecule has 0 saturated heterocycles. The predicted octanol–water partition coefficient (Wildman–Crippen LogP) is 2.09. The van der Waals surface area contributed by atoms with E-state index >= 15 is 0 Å². The summed E-state index contributed by atoms with van der Waals surface area (Å²) in [7, 11) is 0. The van der Waals surface area contributed by atoms with Crippen molar-refractivity contribution in [1.82, 2.24) is 5.32 Å². The zero-order valence-electron chi connectivity index (χ0n) is 12.7. The van der Waals surface area contributed by atoms with Crippen LogP contribution in [0.1, 0.15) is 36.2 Å². The number of halogens is 1. The normalized spacial score (nSPS) is 9.95. The van der Waals surface area contributed by atoms with Gasteiger partial charge in [-0.25, -0.2) is 0 Å². The van der Waals surface area contributed by atoms with E-state index < -0.39 is 0 Å². The summed E-state index contributed by atoms with van der Waals surface area (Å²) in [6, 6.07) is 5.22.